The number of ether oxygens (including phenoxy) is 1. The lowest BCUT2D eigenvalue weighted by Crippen LogP contribution is -2.24. The molecule has 0 unspecified atom stereocenters. The quantitative estimate of drug-likeness (QED) is 0.207. The van der Waals surface area contributed by atoms with E-state index in [-0.39, 0.29) is 24.1 Å². The standard InChI is InChI=1S/C23H22FN7O3S3/c1-3-35-23-30-28-21(37-23)26-19(32)13-36-22-29-27-18(31(22)16-6-4-5-15(24)11-16)12-25-20(33)14-7-9-17(34-2)10-8-14/h4-11H,3,12-13H2,1-2H3,(H,25,33)(H,26,28,32). The highest BCUT2D eigenvalue weighted by Crippen LogP contribution is 2.26. The summed E-state index contributed by atoms with van der Waals surface area (Å²) in [5, 5.41) is 22.6. The first kappa shape index (κ1) is 26.6. The topological polar surface area (TPSA) is 124 Å². The maximum Gasteiger partial charge on any atom is 0.251 e. The average Bonchev–Trinajstić information content (AvgIpc) is 3.52. The Labute approximate surface area is 224 Å². The maximum atomic E-state index is 14.0. The largest absolute Gasteiger partial charge is 0.497 e. The van der Waals surface area contributed by atoms with E-state index in [1.165, 1.54) is 23.5 Å². The monoisotopic (exact) mass is 559 g/mol. The third kappa shape index (κ3) is 7.05. The van der Waals surface area contributed by atoms with Crippen LogP contribution in [0.5, 0.6) is 5.75 Å². The molecular weight excluding hydrogens is 537 g/mol. The molecule has 4 rings (SSSR count). The van der Waals surface area contributed by atoms with Crippen LogP contribution in [0.3, 0.4) is 0 Å². The van der Waals surface area contributed by atoms with Crippen molar-refractivity contribution >= 4 is 51.8 Å². The fourth-order valence-electron chi connectivity index (χ4n) is 3.11. The SMILES string of the molecule is CCSc1nnc(NC(=O)CSc2nnc(CNC(=O)c3ccc(OC)cc3)n2-c2cccc(F)c2)s1. The second-order valence-electron chi connectivity index (χ2n) is 7.27. The van der Waals surface area contributed by atoms with E-state index in [0.717, 1.165) is 21.9 Å². The fourth-order valence-corrected chi connectivity index (χ4v) is 5.55. The van der Waals surface area contributed by atoms with Crippen molar-refractivity contribution in [2.24, 2.45) is 0 Å². The molecule has 0 atom stereocenters. The number of nitrogens with zero attached hydrogens (tertiary/aromatic N) is 5. The molecule has 0 saturated carbocycles. The Balaban J connectivity index is 1.47. The average molecular weight is 560 g/mol. The van der Waals surface area contributed by atoms with Crippen LogP contribution in [0.2, 0.25) is 0 Å². The van der Waals surface area contributed by atoms with Crippen LogP contribution in [-0.2, 0) is 11.3 Å². The van der Waals surface area contributed by atoms with Gasteiger partial charge in [0.25, 0.3) is 5.91 Å². The van der Waals surface area contributed by atoms with Gasteiger partial charge in [0, 0.05) is 5.56 Å². The van der Waals surface area contributed by atoms with Gasteiger partial charge >= 0.3 is 0 Å². The zero-order valence-corrected chi connectivity index (χ0v) is 22.3. The van der Waals surface area contributed by atoms with Gasteiger partial charge in [-0.1, -0.05) is 47.9 Å². The molecule has 0 aliphatic heterocycles. The van der Waals surface area contributed by atoms with Crippen LogP contribution < -0.4 is 15.4 Å². The highest BCUT2D eigenvalue weighted by Gasteiger charge is 2.18. The molecule has 0 aliphatic rings. The van der Waals surface area contributed by atoms with Gasteiger partial charge in [-0.05, 0) is 48.2 Å². The second kappa shape index (κ2) is 12.7. The second-order valence-corrected chi connectivity index (χ2v) is 10.7. The van der Waals surface area contributed by atoms with E-state index in [1.54, 1.807) is 59.8 Å². The van der Waals surface area contributed by atoms with E-state index in [9.17, 15) is 14.0 Å². The first-order valence-electron chi connectivity index (χ1n) is 11.0. The minimum Gasteiger partial charge on any atom is -0.497 e. The summed E-state index contributed by atoms with van der Waals surface area (Å²) < 4.78 is 21.5. The van der Waals surface area contributed by atoms with E-state index in [1.807, 2.05) is 6.92 Å². The van der Waals surface area contributed by atoms with Gasteiger partial charge in [0.1, 0.15) is 11.6 Å². The number of carbonyl (C=O) groups is 2. The molecule has 0 bridgehead atoms. The van der Waals surface area contributed by atoms with Crippen molar-refractivity contribution < 1.29 is 18.7 Å². The number of thioether (sulfide) groups is 2. The summed E-state index contributed by atoms with van der Waals surface area (Å²) >= 11 is 3.97. The smallest absolute Gasteiger partial charge is 0.251 e. The van der Waals surface area contributed by atoms with Crippen molar-refractivity contribution in [3.05, 3.63) is 65.7 Å². The Morgan fingerprint density at radius 2 is 1.89 bits per heavy atom. The fraction of sp³-hybridized carbons (Fsp3) is 0.217. The number of hydrogen-bond acceptors (Lipinski definition) is 10. The van der Waals surface area contributed by atoms with Crippen molar-refractivity contribution in [2.45, 2.75) is 23.0 Å². The Kier molecular flexibility index (Phi) is 9.09. The lowest BCUT2D eigenvalue weighted by Gasteiger charge is -2.11. The predicted octanol–water partition coefficient (Wildman–Crippen LogP) is 4.04. The summed E-state index contributed by atoms with van der Waals surface area (Å²) in [5.41, 5.74) is 0.910. The predicted molar refractivity (Wildman–Crippen MR) is 141 cm³/mol. The summed E-state index contributed by atoms with van der Waals surface area (Å²) in [7, 11) is 1.55. The number of aromatic nitrogens is 5. The number of nitrogens with one attached hydrogen (secondary N) is 2. The van der Waals surface area contributed by atoms with Gasteiger partial charge in [-0.25, -0.2) is 4.39 Å². The maximum absolute atomic E-state index is 14.0. The number of hydrogen-bond donors (Lipinski definition) is 2. The van der Waals surface area contributed by atoms with Crippen LogP contribution in [0.25, 0.3) is 5.69 Å². The molecule has 192 valence electrons. The van der Waals surface area contributed by atoms with Crippen molar-refractivity contribution in [1.82, 2.24) is 30.3 Å². The molecule has 2 aromatic heterocycles. The Bertz CT molecular complexity index is 1380. The number of methoxy groups -OCH3 is 1. The lowest BCUT2D eigenvalue weighted by molar-refractivity contribution is -0.113. The molecule has 14 heteroatoms. The molecule has 2 amide bonds. The van der Waals surface area contributed by atoms with Crippen molar-refractivity contribution in [1.29, 1.82) is 0 Å². The molecule has 0 spiro atoms. The van der Waals surface area contributed by atoms with Gasteiger partial charge in [0.2, 0.25) is 11.0 Å². The Morgan fingerprint density at radius 3 is 2.62 bits per heavy atom. The normalized spacial score (nSPS) is 10.8. The van der Waals surface area contributed by atoms with Crippen LogP contribution in [0.4, 0.5) is 9.52 Å². The van der Waals surface area contributed by atoms with Crippen LogP contribution in [-0.4, -0.2) is 55.4 Å². The Hall–Kier alpha value is -3.49. The molecular formula is C23H22FN7O3S3. The number of halogens is 1. The van der Waals surface area contributed by atoms with E-state index in [4.69, 9.17) is 4.74 Å². The van der Waals surface area contributed by atoms with Crippen LogP contribution in [0.15, 0.2) is 58.0 Å². The van der Waals surface area contributed by atoms with Gasteiger partial charge in [0.05, 0.1) is 25.1 Å². The molecule has 0 radical (unpaired) electrons. The van der Waals surface area contributed by atoms with Gasteiger partial charge in [-0.15, -0.1) is 20.4 Å². The number of anilines is 1. The van der Waals surface area contributed by atoms with Crippen molar-refractivity contribution in [3.63, 3.8) is 0 Å². The number of amides is 2. The zero-order chi connectivity index (χ0) is 26.2. The number of benzene rings is 2. The highest BCUT2D eigenvalue weighted by atomic mass is 32.2. The van der Waals surface area contributed by atoms with Crippen LogP contribution >= 0.6 is 34.9 Å². The van der Waals surface area contributed by atoms with E-state index in [2.05, 4.69) is 31.0 Å². The van der Waals surface area contributed by atoms with Crippen molar-refractivity contribution in [2.75, 3.05) is 23.9 Å². The molecule has 2 heterocycles. The van der Waals surface area contributed by atoms with Gasteiger partial charge in [0.15, 0.2) is 15.3 Å². The molecule has 0 saturated heterocycles. The molecule has 0 aliphatic carbocycles. The summed E-state index contributed by atoms with van der Waals surface area (Å²) in [6.07, 6.45) is 0. The molecule has 10 nitrogen and oxygen atoms in total. The first-order valence-corrected chi connectivity index (χ1v) is 13.8. The first-order chi connectivity index (χ1) is 18.0. The molecule has 4 aromatic rings. The summed E-state index contributed by atoms with van der Waals surface area (Å²) in [5.74, 6) is 0.837. The lowest BCUT2D eigenvalue weighted by atomic mass is 10.2. The van der Waals surface area contributed by atoms with E-state index >= 15 is 0 Å². The summed E-state index contributed by atoms with van der Waals surface area (Å²) in [4.78, 5) is 25.1. The molecule has 2 aromatic carbocycles. The number of carbonyl (C=O) groups excluding carboxylic acids is 2. The minimum atomic E-state index is -0.440. The molecule has 2 N–H and O–H groups in total. The Morgan fingerprint density at radius 1 is 1.08 bits per heavy atom. The van der Waals surface area contributed by atoms with Gasteiger partial charge in [-0.2, -0.15) is 0 Å². The van der Waals surface area contributed by atoms with Crippen LogP contribution in [0, 0.1) is 5.82 Å². The third-order valence-electron chi connectivity index (χ3n) is 4.78. The molecule has 0 fully saturated rings. The number of rotatable bonds is 11. The summed E-state index contributed by atoms with van der Waals surface area (Å²) in [6.45, 7) is 2.04. The van der Waals surface area contributed by atoms with E-state index in [0.29, 0.717) is 33.1 Å². The van der Waals surface area contributed by atoms with Gasteiger partial charge < -0.3 is 10.1 Å². The van der Waals surface area contributed by atoms with E-state index < -0.39 is 5.82 Å². The minimum absolute atomic E-state index is 0.0154. The van der Waals surface area contributed by atoms with Gasteiger partial charge in [-0.3, -0.25) is 19.5 Å². The third-order valence-corrected chi connectivity index (χ3v) is 7.56. The van der Waals surface area contributed by atoms with Crippen molar-refractivity contribution in [3.8, 4) is 11.4 Å². The highest BCUT2D eigenvalue weighted by molar-refractivity contribution is 8.01. The zero-order valence-electron chi connectivity index (χ0n) is 19.8. The molecule has 37 heavy (non-hydrogen) atoms. The van der Waals surface area contributed by atoms with Crippen LogP contribution in [0.1, 0.15) is 23.1 Å². The summed E-state index contributed by atoms with van der Waals surface area (Å²) in [6, 6.07) is 12.6.